The Balaban J connectivity index is 2.31. The smallest absolute Gasteiger partial charge is 0.185 e. The van der Waals surface area contributed by atoms with E-state index in [4.69, 9.17) is 5.73 Å². The SMILES string of the molecule is Cn1ncnc1CS(=O)(=O)c1ccc(N)cc1. The molecule has 0 saturated carbocycles. The van der Waals surface area contributed by atoms with Crippen molar-refractivity contribution < 1.29 is 8.42 Å². The molecule has 90 valence electrons. The first-order chi connectivity index (χ1) is 7.99. The number of hydrogen-bond donors (Lipinski definition) is 1. The molecule has 0 radical (unpaired) electrons. The van der Waals surface area contributed by atoms with Crippen molar-refractivity contribution in [3.8, 4) is 0 Å². The molecule has 0 atom stereocenters. The quantitative estimate of drug-likeness (QED) is 0.797. The Hall–Kier alpha value is -1.89. The summed E-state index contributed by atoms with van der Waals surface area (Å²) < 4.78 is 25.5. The molecule has 0 spiro atoms. The van der Waals surface area contributed by atoms with Crippen LogP contribution in [0.4, 0.5) is 5.69 Å². The highest BCUT2D eigenvalue weighted by Gasteiger charge is 2.17. The molecule has 2 rings (SSSR count). The molecule has 0 aliphatic carbocycles. The summed E-state index contributed by atoms with van der Waals surface area (Å²) in [7, 11) is -1.75. The van der Waals surface area contributed by atoms with Crippen LogP contribution in [-0.2, 0) is 22.6 Å². The fourth-order valence-electron chi connectivity index (χ4n) is 1.38. The maximum atomic E-state index is 12.0. The molecule has 1 aromatic heterocycles. The molecule has 2 N–H and O–H groups in total. The van der Waals surface area contributed by atoms with Crippen molar-refractivity contribution in [3.05, 3.63) is 36.4 Å². The monoisotopic (exact) mass is 252 g/mol. The number of benzene rings is 1. The second-order valence-electron chi connectivity index (χ2n) is 3.63. The van der Waals surface area contributed by atoms with E-state index in [-0.39, 0.29) is 10.6 Å². The summed E-state index contributed by atoms with van der Waals surface area (Å²) in [5, 5.41) is 3.83. The van der Waals surface area contributed by atoms with Crippen molar-refractivity contribution >= 4 is 15.5 Å². The first kappa shape index (κ1) is 11.6. The van der Waals surface area contributed by atoms with Gasteiger partial charge in [0, 0.05) is 12.7 Å². The van der Waals surface area contributed by atoms with E-state index in [2.05, 4.69) is 10.1 Å². The van der Waals surface area contributed by atoms with Gasteiger partial charge in [-0.15, -0.1) is 0 Å². The fraction of sp³-hybridized carbons (Fsp3) is 0.200. The molecule has 0 aliphatic rings. The number of aryl methyl sites for hydroxylation is 1. The highest BCUT2D eigenvalue weighted by Crippen LogP contribution is 2.16. The summed E-state index contributed by atoms with van der Waals surface area (Å²) in [5.41, 5.74) is 6.04. The molecule has 0 unspecified atom stereocenters. The van der Waals surface area contributed by atoms with Gasteiger partial charge in [-0.1, -0.05) is 0 Å². The van der Waals surface area contributed by atoms with Gasteiger partial charge < -0.3 is 5.73 Å². The minimum Gasteiger partial charge on any atom is -0.399 e. The number of nitrogens with zero attached hydrogens (tertiary/aromatic N) is 3. The molecule has 17 heavy (non-hydrogen) atoms. The molecule has 7 heteroatoms. The van der Waals surface area contributed by atoms with Crippen LogP contribution in [-0.4, -0.2) is 23.2 Å². The second kappa shape index (κ2) is 4.17. The van der Waals surface area contributed by atoms with Crippen molar-refractivity contribution in [3.63, 3.8) is 0 Å². The van der Waals surface area contributed by atoms with E-state index in [1.54, 1.807) is 19.2 Å². The minimum atomic E-state index is -3.40. The van der Waals surface area contributed by atoms with Gasteiger partial charge in [-0.05, 0) is 24.3 Å². The van der Waals surface area contributed by atoms with E-state index < -0.39 is 9.84 Å². The Morgan fingerprint density at radius 2 is 1.94 bits per heavy atom. The van der Waals surface area contributed by atoms with Crippen molar-refractivity contribution in [2.24, 2.45) is 7.05 Å². The van der Waals surface area contributed by atoms with Gasteiger partial charge in [0.1, 0.15) is 17.9 Å². The number of nitrogens with two attached hydrogens (primary N) is 1. The summed E-state index contributed by atoms with van der Waals surface area (Å²) in [6.45, 7) is 0. The summed E-state index contributed by atoms with van der Waals surface area (Å²) in [6, 6.07) is 6.09. The van der Waals surface area contributed by atoms with Crippen LogP contribution in [0.2, 0.25) is 0 Å². The maximum Gasteiger partial charge on any atom is 0.185 e. The van der Waals surface area contributed by atoms with E-state index in [1.807, 2.05) is 0 Å². The van der Waals surface area contributed by atoms with Gasteiger partial charge in [0.05, 0.1) is 4.90 Å². The Bertz CT molecular complexity index is 616. The van der Waals surface area contributed by atoms with Crippen LogP contribution < -0.4 is 5.73 Å². The highest BCUT2D eigenvalue weighted by atomic mass is 32.2. The molecule has 0 bridgehead atoms. The molecule has 0 aliphatic heterocycles. The van der Waals surface area contributed by atoms with E-state index >= 15 is 0 Å². The van der Waals surface area contributed by atoms with Gasteiger partial charge in [-0.3, -0.25) is 4.68 Å². The largest absolute Gasteiger partial charge is 0.399 e. The molecular formula is C10H12N4O2S. The molecule has 1 heterocycles. The first-order valence-electron chi connectivity index (χ1n) is 4.90. The predicted molar refractivity (Wildman–Crippen MR) is 62.7 cm³/mol. The molecule has 0 amide bonds. The lowest BCUT2D eigenvalue weighted by Crippen LogP contribution is -2.10. The van der Waals surface area contributed by atoms with E-state index in [0.29, 0.717) is 11.5 Å². The van der Waals surface area contributed by atoms with Gasteiger partial charge in [0.25, 0.3) is 0 Å². The second-order valence-corrected chi connectivity index (χ2v) is 5.62. The fourth-order valence-corrected chi connectivity index (χ4v) is 2.70. The van der Waals surface area contributed by atoms with Crippen LogP contribution in [0.1, 0.15) is 5.82 Å². The van der Waals surface area contributed by atoms with Crippen molar-refractivity contribution in [2.75, 3.05) is 5.73 Å². The van der Waals surface area contributed by atoms with Crippen LogP contribution >= 0.6 is 0 Å². The first-order valence-corrected chi connectivity index (χ1v) is 6.55. The highest BCUT2D eigenvalue weighted by molar-refractivity contribution is 7.90. The lowest BCUT2D eigenvalue weighted by atomic mass is 10.3. The van der Waals surface area contributed by atoms with Crippen LogP contribution in [0.25, 0.3) is 0 Å². The zero-order valence-corrected chi connectivity index (χ0v) is 10.1. The number of rotatable bonds is 3. The van der Waals surface area contributed by atoms with Crippen LogP contribution in [0, 0.1) is 0 Å². The van der Waals surface area contributed by atoms with E-state index in [0.717, 1.165) is 0 Å². The summed E-state index contributed by atoms with van der Waals surface area (Å²) in [5.74, 6) is 0.231. The van der Waals surface area contributed by atoms with Crippen LogP contribution in [0.5, 0.6) is 0 Å². The van der Waals surface area contributed by atoms with Crippen LogP contribution in [0.15, 0.2) is 35.5 Å². The number of hydrogen-bond acceptors (Lipinski definition) is 5. The molecule has 6 nitrogen and oxygen atoms in total. The average Bonchev–Trinajstić information content (AvgIpc) is 2.64. The van der Waals surface area contributed by atoms with Gasteiger partial charge in [0.2, 0.25) is 0 Å². The van der Waals surface area contributed by atoms with E-state index in [9.17, 15) is 8.42 Å². The predicted octanol–water partition coefficient (Wildman–Crippen LogP) is 0.371. The summed E-state index contributed by atoms with van der Waals surface area (Å²) >= 11 is 0. The number of aromatic nitrogens is 3. The zero-order valence-electron chi connectivity index (χ0n) is 9.24. The number of anilines is 1. The third kappa shape index (κ3) is 2.44. The van der Waals surface area contributed by atoms with Crippen molar-refractivity contribution in [1.29, 1.82) is 0 Å². The van der Waals surface area contributed by atoms with E-state index in [1.165, 1.54) is 23.1 Å². The van der Waals surface area contributed by atoms with Crippen molar-refractivity contribution in [2.45, 2.75) is 10.6 Å². The topological polar surface area (TPSA) is 90.9 Å². The standard InChI is InChI=1S/C10H12N4O2S/c1-14-10(12-7-13-14)6-17(15,16)9-4-2-8(11)3-5-9/h2-5,7H,6,11H2,1H3. The number of sulfone groups is 1. The third-order valence-corrected chi connectivity index (χ3v) is 3.99. The third-order valence-electron chi connectivity index (χ3n) is 2.36. The lowest BCUT2D eigenvalue weighted by molar-refractivity contribution is 0.590. The molecule has 1 aromatic carbocycles. The summed E-state index contributed by atoms with van der Waals surface area (Å²) in [4.78, 5) is 4.12. The van der Waals surface area contributed by atoms with Crippen molar-refractivity contribution in [1.82, 2.24) is 14.8 Å². The van der Waals surface area contributed by atoms with Gasteiger partial charge in [-0.25, -0.2) is 13.4 Å². The Morgan fingerprint density at radius 1 is 1.29 bits per heavy atom. The normalized spacial score (nSPS) is 11.6. The van der Waals surface area contributed by atoms with Gasteiger partial charge in [0.15, 0.2) is 9.84 Å². The minimum absolute atomic E-state index is 0.173. The molecule has 2 aromatic rings. The number of nitrogen functional groups attached to an aromatic ring is 1. The Kier molecular flexibility index (Phi) is 2.84. The Labute approximate surface area is 99.0 Å². The Morgan fingerprint density at radius 3 is 2.47 bits per heavy atom. The maximum absolute atomic E-state index is 12.0. The lowest BCUT2D eigenvalue weighted by Gasteiger charge is -2.04. The molecular weight excluding hydrogens is 240 g/mol. The summed E-state index contributed by atoms with van der Waals surface area (Å²) in [6.07, 6.45) is 1.33. The zero-order chi connectivity index (χ0) is 12.5. The van der Waals surface area contributed by atoms with Crippen LogP contribution in [0.3, 0.4) is 0 Å². The molecule has 0 fully saturated rings. The average molecular weight is 252 g/mol. The van der Waals surface area contributed by atoms with Gasteiger partial charge >= 0.3 is 0 Å². The molecule has 0 saturated heterocycles. The van der Waals surface area contributed by atoms with Gasteiger partial charge in [-0.2, -0.15) is 5.10 Å².